The van der Waals surface area contributed by atoms with Gasteiger partial charge in [0.25, 0.3) is 0 Å². The molecular formula is C17H25N3. The lowest BCUT2D eigenvalue weighted by Crippen LogP contribution is -2.15. The van der Waals surface area contributed by atoms with Crippen LogP contribution < -0.4 is 5.73 Å². The second-order valence-electron chi connectivity index (χ2n) is 6.29. The van der Waals surface area contributed by atoms with E-state index >= 15 is 0 Å². The van der Waals surface area contributed by atoms with Gasteiger partial charge in [0.1, 0.15) is 11.6 Å². The number of nitrogens with two attached hydrogens (primary N) is 1. The molecule has 0 atom stereocenters. The molecule has 20 heavy (non-hydrogen) atoms. The number of imidazole rings is 1. The number of nitrogens with zero attached hydrogens (tertiary/aromatic N) is 2. The van der Waals surface area contributed by atoms with Gasteiger partial charge in [-0.2, -0.15) is 0 Å². The van der Waals surface area contributed by atoms with E-state index in [1.807, 2.05) is 18.2 Å². The number of hydrogen-bond acceptors (Lipinski definition) is 2. The second kappa shape index (κ2) is 5.70. The van der Waals surface area contributed by atoms with Crippen molar-refractivity contribution in [3.8, 4) is 11.4 Å². The fourth-order valence-electron chi connectivity index (χ4n) is 2.37. The van der Waals surface area contributed by atoms with E-state index in [2.05, 4.69) is 44.4 Å². The van der Waals surface area contributed by atoms with E-state index < -0.39 is 0 Å². The average Bonchev–Trinajstić information content (AvgIpc) is 2.74. The molecule has 2 rings (SSSR count). The van der Waals surface area contributed by atoms with Gasteiger partial charge in [-0.1, -0.05) is 64.4 Å². The fourth-order valence-corrected chi connectivity index (χ4v) is 2.37. The summed E-state index contributed by atoms with van der Waals surface area (Å²) in [5, 5.41) is 0. The molecule has 3 nitrogen and oxygen atoms in total. The number of hydrogen-bond donors (Lipinski definition) is 1. The number of benzene rings is 1. The van der Waals surface area contributed by atoms with Crippen molar-refractivity contribution >= 4 is 5.82 Å². The number of nitrogen functional groups attached to an aromatic ring is 1. The first-order valence-electron chi connectivity index (χ1n) is 7.37. The molecule has 1 heterocycles. The van der Waals surface area contributed by atoms with Crippen molar-refractivity contribution in [2.75, 3.05) is 5.73 Å². The van der Waals surface area contributed by atoms with Crippen LogP contribution in [-0.2, 0) is 12.0 Å². The molecule has 0 aliphatic heterocycles. The lowest BCUT2D eigenvalue weighted by molar-refractivity contribution is 0.573. The van der Waals surface area contributed by atoms with Crippen LogP contribution in [-0.4, -0.2) is 9.55 Å². The van der Waals surface area contributed by atoms with E-state index in [9.17, 15) is 0 Å². The van der Waals surface area contributed by atoms with Crippen LogP contribution in [0.5, 0.6) is 0 Å². The molecule has 2 aromatic rings. The van der Waals surface area contributed by atoms with Crippen LogP contribution >= 0.6 is 0 Å². The summed E-state index contributed by atoms with van der Waals surface area (Å²) in [5.74, 6) is 1.80. The third-order valence-electron chi connectivity index (χ3n) is 3.48. The van der Waals surface area contributed by atoms with Gasteiger partial charge in [0.05, 0.1) is 5.69 Å². The van der Waals surface area contributed by atoms with Gasteiger partial charge < -0.3 is 10.3 Å². The van der Waals surface area contributed by atoms with Crippen molar-refractivity contribution in [2.24, 2.45) is 0 Å². The highest BCUT2D eigenvalue weighted by Crippen LogP contribution is 2.32. The largest absolute Gasteiger partial charge is 0.384 e. The lowest BCUT2D eigenvalue weighted by atomic mass is 9.92. The summed E-state index contributed by atoms with van der Waals surface area (Å²) in [6, 6.07) is 10.3. The van der Waals surface area contributed by atoms with Gasteiger partial charge in [0.15, 0.2) is 0 Å². The molecule has 0 aliphatic carbocycles. The maximum absolute atomic E-state index is 6.37. The Morgan fingerprint density at radius 2 is 1.80 bits per heavy atom. The van der Waals surface area contributed by atoms with Gasteiger partial charge in [-0.05, 0) is 6.42 Å². The van der Waals surface area contributed by atoms with Crippen molar-refractivity contribution in [3.05, 3.63) is 36.0 Å². The number of rotatable bonds is 4. The Balaban J connectivity index is 2.54. The summed E-state index contributed by atoms with van der Waals surface area (Å²) in [6.07, 6.45) is 2.26. The van der Waals surface area contributed by atoms with Gasteiger partial charge in [-0.15, -0.1) is 0 Å². The van der Waals surface area contributed by atoms with E-state index in [-0.39, 0.29) is 5.41 Å². The molecule has 0 radical (unpaired) electrons. The van der Waals surface area contributed by atoms with E-state index in [1.165, 1.54) is 0 Å². The normalized spacial score (nSPS) is 11.8. The summed E-state index contributed by atoms with van der Waals surface area (Å²) >= 11 is 0. The first-order valence-corrected chi connectivity index (χ1v) is 7.37. The molecule has 0 aliphatic rings. The Hall–Kier alpha value is -1.77. The average molecular weight is 271 g/mol. The molecule has 0 unspecified atom stereocenters. The molecule has 3 heteroatoms. The van der Waals surface area contributed by atoms with Crippen molar-refractivity contribution in [1.82, 2.24) is 9.55 Å². The van der Waals surface area contributed by atoms with Gasteiger partial charge >= 0.3 is 0 Å². The first kappa shape index (κ1) is 14.6. The Morgan fingerprint density at radius 1 is 1.15 bits per heavy atom. The minimum atomic E-state index is -0.0366. The highest BCUT2D eigenvalue weighted by molar-refractivity contribution is 5.61. The summed E-state index contributed by atoms with van der Waals surface area (Å²) in [4.78, 5) is 4.84. The lowest BCUT2D eigenvalue weighted by Gasteiger charge is -2.16. The minimum absolute atomic E-state index is 0.0366. The molecule has 0 saturated carbocycles. The monoisotopic (exact) mass is 271 g/mol. The second-order valence-corrected chi connectivity index (χ2v) is 6.29. The predicted octanol–water partition coefficient (Wildman–Crippen LogP) is 4.23. The fraction of sp³-hybridized carbons (Fsp3) is 0.471. The van der Waals surface area contributed by atoms with Crippen LogP contribution in [0.3, 0.4) is 0 Å². The zero-order valence-electron chi connectivity index (χ0n) is 13.0. The quantitative estimate of drug-likeness (QED) is 0.904. The standard InChI is InChI=1S/C17H25N3/c1-5-6-12-20-15(18)14(17(2,3)4)19-16(20)13-10-8-7-9-11-13/h7-11H,5-6,12,18H2,1-4H3. The molecular weight excluding hydrogens is 246 g/mol. The van der Waals surface area contributed by atoms with Gasteiger partial charge in [-0.25, -0.2) is 4.98 Å². The van der Waals surface area contributed by atoms with Crippen LogP contribution in [0.4, 0.5) is 5.82 Å². The maximum Gasteiger partial charge on any atom is 0.141 e. The van der Waals surface area contributed by atoms with Crippen molar-refractivity contribution < 1.29 is 0 Å². The zero-order valence-corrected chi connectivity index (χ0v) is 13.0. The highest BCUT2D eigenvalue weighted by atomic mass is 15.1. The van der Waals surface area contributed by atoms with E-state index in [0.717, 1.165) is 42.3 Å². The molecule has 0 saturated heterocycles. The van der Waals surface area contributed by atoms with Crippen LogP contribution in [0, 0.1) is 0 Å². The molecule has 0 spiro atoms. The van der Waals surface area contributed by atoms with Crippen LogP contribution in [0.1, 0.15) is 46.2 Å². The third kappa shape index (κ3) is 2.87. The van der Waals surface area contributed by atoms with E-state index in [4.69, 9.17) is 10.7 Å². The summed E-state index contributed by atoms with van der Waals surface area (Å²) in [7, 11) is 0. The molecule has 0 bridgehead atoms. The van der Waals surface area contributed by atoms with E-state index in [1.54, 1.807) is 0 Å². The van der Waals surface area contributed by atoms with Gasteiger partial charge in [0.2, 0.25) is 0 Å². The molecule has 0 amide bonds. The maximum atomic E-state index is 6.37. The molecule has 108 valence electrons. The molecule has 1 aromatic carbocycles. The third-order valence-corrected chi connectivity index (χ3v) is 3.48. The summed E-state index contributed by atoms with van der Waals surface area (Å²) in [5.41, 5.74) is 8.46. The van der Waals surface area contributed by atoms with Crippen LogP contribution in [0.15, 0.2) is 30.3 Å². The van der Waals surface area contributed by atoms with Crippen molar-refractivity contribution in [3.63, 3.8) is 0 Å². The molecule has 0 fully saturated rings. The van der Waals surface area contributed by atoms with Crippen LogP contribution in [0.2, 0.25) is 0 Å². The number of anilines is 1. The molecule has 2 N–H and O–H groups in total. The first-order chi connectivity index (χ1) is 9.45. The van der Waals surface area contributed by atoms with E-state index in [0.29, 0.717) is 0 Å². The Morgan fingerprint density at radius 3 is 2.35 bits per heavy atom. The summed E-state index contributed by atoms with van der Waals surface area (Å²) in [6.45, 7) is 9.59. The molecule has 1 aromatic heterocycles. The Bertz CT molecular complexity index is 562. The van der Waals surface area contributed by atoms with Crippen LogP contribution in [0.25, 0.3) is 11.4 Å². The zero-order chi connectivity index (χ0) is 14.8. The highest BCUT2D eigenvalue weighted by Gasteiger charge is 2.25. The minimum Gasteiger partial charge on any atom is -0.384 e. The smallest absolute Gasteiger partial charge is 0.141 e. The Kier molecular flexibility index (Phi) is 4.17. The number of aromatic nitrogens is 2. The van der Waals surface area contributed by atoms with Crippen molar-refractivity contribution in [2.45, 2.75) is 52.5 Å². The van der Waals surface area contributed by atoms with Gasteiger partial charge in [0, 0.05) is 17.5 Å². The summed E-state index contributed by atoms with van der Waals surface area (Å²) < 4.78 is 2.17. The Labute approximate surface area is 121 Å². The predicted molar refractivity (Wildman–Crippen MR) is 85.7 cm³/mol. The number of unbranched alkanes of at least 4 members (excludes halogenated alkanes) is 1. The topological polar surface area (TPSA) is 43.8 Å². The van der Waals surface area contributed by atoms with Gasteiger partial charge in [-0.3, -0.25) is 0 Å². The SMILES string of the molecule is CCCCn1c(-c2ccccc2)nc(C(C)(C)C)c1N. The van der Waals surface area contributed by atoms with Crippen molar-refractivity contribution in [1.29, 1.82) is 0 Å².